The highest BCUT2D eigenvalue weighted by molar-refractivity contribution is 9.10. The Morgan fingerprint density at radius 3 is 2.11 bits per heavy atom. The molecule has 0 aliphatic heterocycles. The topological polar surface area (TPSA) is 41.1 Å². The second-order valence-electron chi connectivity index (χ2n) is 8.29. The Kier molecular flexibility index (Phi) is 10.4. The molecule has 0 saturated carbocycles. The molecule has 1 atom stereocenters. The molecule has 0 bridgehead atoms. The smallest absolute Gasteiger partial charge is 0.369 e. The lowest BCUT2D eigenvalue weighted by atomic mass is 9.97. The summed E-state index contributed by atoms with van der Waals surface area (Å²) in [7, 11) is 0. The zero-order chi connectivity index (χ0) is 28.3. The number of amides is 1. The van der Waals surface area contributed by atoms with Crippen molar-refractivity contribution in [1.29, 1.82) is 0 Å². The van der Waals surface area contributed by atoms with Crippen molar-refractivity contribution in [3.63, 3.8) is 0 Å². The van der Waals surface area contributed by atoms with E-state index in [0.717, 1.165) is 18.2 Å². The van der Waals surface area contributed by atoms with Gasteiger partial charge in [-0.2, -0.15) is 26.3 Å². The van der Waals surface area contributed by atoms with Crippen LogP contribution in [0.2, 0.25) is 15.1 Å². The molecule has 202 valence electrons. The summed E-state index contributed by atoms with van der Waals surface area (Å²) in [6.07, 6.45) is -7.04. The van der Waals surface area contributed by atoms with E-state index in [9.17, 15) is 31.1 Å². The third kappa shape index (κ3) is 9.02. The van der Waals surface area contributed by atoms with E-state index in [-0.39, 0.29) is 35.7 Å². The largest absolute Gasteiger partial charge is 0.405 e. The number of alkyl halides is 6. The third-order valence-electron chi connectivity index (χ3n) is 4.88. The number of halogens is 10. The van der Waals surface area contributed by atoms with Crippen LogP contribution >= 0.6 is 63.0 Å². The van der Waals surface area contributed by atoms with Crippen LogP contribution in [0.5, 0.6) is 0 Å². The van der Waals surface area contributed by atoms with Crippen LogP contribution in [0.15, 0.2) is 40.9 Å². The van der Waals surface area contributed by atoms with E-state index < -0.39 is 36.3 Å². The Morgan fingerprint density at radius 1 is 1.05 bits per heavy atom. The van der Waals surface area contributed by atoms with Crippen molar-refractivity contribution in [1.82, 2.24) is 10.6 Å². The van der Waals surface area contributed by atoms with Crippen molar-refractivity contribution in [2.45, 2.75) is 37.7 Å². The number of carbonyl (C=O) groups excluding carboxylic acids is 1. The molecule has 0 aromatic heterocycles. The fourth-order valence-electron chi connectivity index (χ4n) is 3.00. The number of carbonyl (C=O) groups is 1. The molecule has 0 aliphatic carbocycles. The Morgan fingerprint density at radius 2 is 1.62 bits per heavy atom. The molecule has 3 nitrogen and oxygen atoms in total. The average molecular weight is 671 g/mol. The molecule has 2 rings (SSSR count). The molecule has 2 aromatic carbocycles. The van der Waals surface area contributed by atoms with Crippen molar-refractivity contribution >= 4 is 79.9 Å². The fourth-order valence-corrected chi connectivity index (χ4v) is 4.31. The lowest BCUT2D eigenvalue weighted by molar-refractivity contribution is -0.139. The van der Waals surface area contributed by atoms with E-state index in [1.807, 2.05) is 0 Å². The molecular weight excluding hydrogens is 653 g/mol. The van der Waals surface area contributed by atoms with Crippen LogP contribution < -0.4 is 10.6 Å². The second kappa shape index (κ2) is 12.1. The minimum atomic E-state index is -4.67. The maximum absolute atomic E-state index is 13.8. The van der Waals surface area contributed by atoms with Gasteiger partial charge in [0.15, 0.2) is 0 Å². The summed E-state index contributed by atoms with van der Waals surface area (Å²) in [5.74, 6) is -2.71. The highest BCUT2D eigenvalue weighted by atomic mass is 79.9. The molecule has 0 aliphatic rings. The van der Waals surface area contributed by atoms with Gasteiger partial charge in [0, 0.05) is 4.47 Å². The highest BCUT2D eigenvalue weighted by Gasteiger charge is 2.39. The zero-order valence-corrected chi connectivity index (χ0v) is 23.6. The van der Waals surface area contributed by atoms with E-state index in [1.165, 1.54) is 38.1 Å². The Bertz CT molecular complexity index is 1190. The molecule has 0 saturated heterocycles. The number of hydrogen-bond acceptors (Lipinski definition) is 2. The summed E-state index contributed by atoms with van der Waals surface area (Å²) >= 11 is 25.8. The standard InChI is InChI=1S/C23H18BrCl3F6N2OS/c1-21(2,20(37)34-10-22(28,29)30)35-19(36)13-5-3-11(7-15(13)24)4-6-14(23(31,32)33)12-8-16(25)18(27)17(26)9-12/h3-9,14H,10H2,1-2H3,(H,34,37)(H,35,36). The van der Waals surface area contributed by atoms with Crippen molar-refractivity contribution in [3.05, 3.63) is 72.6 Å². The van der Waals surface area contributed by atoms with Crippen molar-refractivity contribution in [2.75, 3.05) is 6.54 Å². The Hall–Kier alpha value is -1.53. The molecule has 1 amide bonds. The quantitative estimate of drug-likeness (QED) is 0.176. The van der Waals surface area contributed by atoms with Gasteiger partial charge in [-0.1, -0.05) is 65.2 Å². The van der Waals surface area contributed by atoms with Crippen LogP contribution in [-0.2, 0) is 0 Å². The van der Waals surface area contributed by atoms with Gasteiger partial charge in [0.1, 0.15) is 11.5 Å². The van der Waals surface area contributed by atoms with Gasteiger partial charge in [-0.05, 0) is 65.2 Å². The van der Waals surface area contributed by atoms with Crippen molar-refractivity contribution in [3.8, 4) is 0 Å². The average Bonchev–Trinajstić information content (AvgIpc) is 2.74. The number of hydrogen-bond donors (Lipinski definition) is 2. The summed E-state index contributed by atoms with van der Waals surface area (Å²) in [6.45, 7) is 1.49. The summed E-state index contributed by atoms with van der Waals surface area (Å²) in [5.41, 5.74) is -1.12. The molecule has 0 heterocycles. The molecule has 0 fully saturated rings. The fraction of sp³-hybridized carbons (Fsp3) is 0.304. The Labute approximate surface area is 237 Å². The number of allylic oxidation sites excluding steroid dienone is 1. The maximum atomic E-state index is 13.8. The molecule has 14 heteroatoms. The number of nitrogens with one attached hydrogen (secondary N) is 2. The number of benzene rings is 2. The van der Waals surface area contributed by atoms with Crippen LogP contribution in [0.1, 0.15) is 41.3 Å². The van der Waals surface area contributed by atoms with Crippen LogP contribution in [0.25, 0.3) is 6.08 Å². The lowest BCUT2D eigenvalue weighted by Crippen LogP contribution is -2.55. The monoisotopic (exact) mass is 668 g/mol. The van der Waals surface area contributed by atoms with Gasteiger partial charge < -0.3 is 10.6 Å². The number of rotatable bonds is 7. The van der Waals surface area contributed by atoms with Crippen LogP contribution in [0, 0.1) is 0 Å². The van der Waals surface area contributed by atoms with E-state index in [2.05, 4.69) is 26.6 Å². The van der Waals surface area contributed by atoms with Crippen LogP contribution in [0.3, 0.4) is 0 Å². The first-order valence-electron chi connectivity index (χ1n) is 10.2. The van der Waals surface area contributed by atoms with Crippen LogP contribution in [0.4, 0.5) is 26.3 Å². The van der Waals surface area contributed by atoms with Crippen molar-refractivity contribution in [2.24, 2.45) is 0 Å². The minimum absolute atomic E-state index is 0.0603. The molecule has 2 aromatic rings. The van der Waals surface area contributed by atoms with Gasteiger partial charge >= 0.3 is 12.4 Å². The van der Waals surface area contributed by atoms with E-state index in [0.29, 0.717) is 5.56 Å². The summed E-state index contributed by atoms with van der Waals surface area (Å²) in [4.78, 5) is 12.5. The minimum Gasteiger partial charge on any atom is -0.369 e. The normalized spacial score (nSPS) is 13.5. The van der Waals surface area contributed by atoms with Crippen molar-refractivity contribution < 1.29 is 31.1 Å². The molecule has 1 unspecified atom stereocenters. The second-order valence-corrected chi connectivity index (χ2v) is 10.7. The van der Waals surface area contributed by atoms with Gasteiger partial charge in [-0.15, -0.1) is 0 Å². The first-order valence-corrected chi connectivity index (χ1v) is 12.5. The first-order chi connectivity index (χ1) is 16.8. The van der Waals surface area contributed by atoms with Gasteiger partial charge in [0.25, 0.3) is 5.91 Å². The first kappa shape index (κ1) is 31.7. The predicted octanol–water partition coefficient (Wildman–Crippen LogP) is 8.76. The SMILES string of the molecule is CC(C)(NC(=O)c1ccc(C=CC(c2cc(Cl)c(Cl)c(Cl)c2)C(F)(F)F)cc1Br)C(=S)NCC(F)(F)F. The molecule has 0 radical (unpaired) electrons. The van der Waals surface area contributed by atoms with Gasteiger partial charge in [0.05, 0.1) is 32.1 Å². The summed E-state index contributed by atoms with van der Waals surface area (Å²) in [5, 5.41) is 4.29. The van der Waals surface area contributed by atoms with Gasteiger partial charge in [0.2, 0.25) is 0 Å². The van der Waals surface area contributed by atoms with Crippen LogP contribution in [-0.4, -0.2) is 35.3 Å². The summed E-state index contributed by atoms with van der Waals surface area (Å²) in [6, 6.07) is 6.32. The predicted molar refractivity (Wildman–Crippen MR) is 142 cm³/mol. The third-order valence-corrected chi connectivity index (χ3v) is 7.39. The van der Waals surface area contributed by atoms with Gasteiger partial charge in [-0.25, -0.2) is 0 Å². The maximum Gasteiger partial charge on any atom is 0.405 e. The zero-order valence-electron chi connectivity index (χ0n) is 18.9. The van der Waals surface area contributed by atoms with E-state index >= 15 is 0 Å². The summed E-state index contributed by atoms with van der Waals surface area (Å²) < 4.78 is 78.8. The molecule has 0 spiro atoms. The highest BCUT2D eigenvalue weighted by Crippen LogP contribution is 2.41. The lowest BCUT2D eigenvalue weighted by Gasteiger charge is -2.28. The van der Waals surface area contributed by atoms with Gasteiger partial charge in [-0.3, -0.25) is 4.79 Å². The molecular formula is C23H18BrCl3F6N2OS. The molecule has 37 heavy (non-hydrogen) atoms. The molecule has 2 N–H and O–H groups in total. The Balaban J connectivity index is 2.24. The van der Waals surface area contributed by atoms with E-state index in [1.54, 1.807) is 0 Å². The number of thiocarbonyl (C=S) groups is 1. The van der Waals surface area contributed by atoms with E-state index in [4.69, 9.17) is 47.0 Å².